The predicted molar refractivity (Wildman–Crippen MR) is 82.5 cm³/mol. The highest BCUT2D eigenvalue weighted by molar-refractivity contribution is 6.34. The molecule has 0 bridgehead atoms. The maximum atomic E-state index is 13.5. The van der Waals surface area contributed by atoms with E-state index >= 15 is 0 Å². The van der Waals surface area contributed by atoms with Crippen LogP contribution in [0.1, 0.15) is 46.7 Å². The highest BCUT2D eigenvalue weighted by Gasteiger charge is 2.24. The van der Waals surface area contributed by atoms with Gasteiger partial charge in [0.1, 0.15) is 5.82 Å². The summed E-state index contributed by atoms with van der Waals surface area (Å²) >= 11 is 5.91. The summed E-state index contributed by atoms with van der Waals surface area (Å²) in [5, 5.41) is -0.0633. The van der Waals surface area contributed by atoms with Gasteiger partial charge in [-0.1, -0.05) is 41.9 Å². The third kappa shape index (κ3) is 2.86. The van der Waals surface area contributed by atoms with Crippen LogP contribution < -0.4 is 0 Å². The Bertz CT molecular complexity index is 681. The van der Waals surface area contributed by atoms with Gasteiger partial charge in [0, 0.05) is 12.0 Å². The topological polar surface area (TPSA) is 17.1 Å². The van der Waals surface area contributed by atoms with Crippen LogP contribution in [0.25, 0.3) is 0 Å². The lowest BCUT2D eigenvalue weighted by molar-refractivity contribution is 0.0970. The fourth-order valence-electron chi connectivity index (χ4n) is 3.12. The lowest BCUT2D eigenvalue weighted by Crippen LogP contribution is -2.14. The van der Waals surface area contributed by atoms with Crippen molar-refractivity contribution < 1.29 is 9.18 Å². The van der Waals surface area contributed by atoms with Crippen molar-refractivity contribution in [2.24, 2.45) is 0 Å². The van der Waals surface area contributed by atoms with E-state index in [9.17, 15) is 9.18 Å². The molecule has 1 unspecified atom stereocenters. The lowest BCUT2D eigenvalue weighted by atomic mass is 9.79. The van der Waals surface area contributed by atoms with Crippen molar-refractivity contribution in [3.63, 3.8) is 0 Å². The van der Waals surface area contributed by atoms with Gasteiger partial charge in [-0.25, -0.2) is 4.39 Å². The molecule has 108 valence electrons. The molecular weight excluding hydrogens is 287 g/mol. The minimum Gasteiger partial charge on any atom is -0.294 e. The van der Waals surface area contributed by atoms with E-state index in [1.54, 1.807) is 6.07 Å². The number of carbonyl (C=O) groups excluding carboxylic acids is 1. The second-order valence-corrected chi connectivity index (χ2v) is 5.89. The number of hydrogen-bond acceptors (Lipinski definition) is 1. The quantitative estimate of drug-likeness (QED) is 0.715. The van der Waals surface area contributed by atoms with Gasteiger partial charge in [0.2, 0.25) is 0 Å². The Morgan fingerprint density at radius 3 is 2.86 bits per heavy atom. The molecule has 0 aromatic heterocycles. The van der Waals surface area contributed by atoms with Gasteiger partial charge in [-0.2, -0.15) is 0 Å². The minimum atomic E-state index is -0.536. The number of carbonyl (C=O) groups is 1. The second kappa shape index (κ2) is 5.98. The van der Waals surface area contributed by atoms with Crippen LogP contribution in [0.5, 0.6) is 0 Å². The number of ketones is 1. The smallest absolute Gasteiger partial charge is 0.165 e. The Kier molecular flexibility index (Phi) is 4.07. The summed E-state index contributed by atoms with van der Waals surface area (Å²) in [7, 11) is 0. The molecule has 3 heteroatoms. The fourth-order valence-corrected chi connectivity index (χ4v) is 3.35. The van der Waals surface area contributed by atoms with E-state index in [1.807, 2.05) is 12.1 Å². The number of rotatable bonds is 3. The van der Waals surface area contributed by atoms with E-state index in [-0.39, 0.29) is 16.7 Å². The van der Waals surface area contributed by atoms with Crippen molar-refractivity contribution in [3.05, 3.63) is 70.0 Å². The molecular formula is C18H16ClFO. The van der Waals surface area contributed by atoms with E-state index in [4.69, 9.17) is 11.6 Å². The van der Waals surface area contributed by atoms with Gasteiger partial charge in [-0.3, -0.25) is 4.79 Å². The monoisotopic (exact) mass is 302 g/mol. The Labute approximate surface area is 128 Å². The van der Waals surface area contributed by atoms with Gasteiger partial charge in [0.15, 0.2) is 5.78 Å². The van der Waals surface area contributed by atoms with E-state index in [1.165, 1.54) is 23.3 Å². The zero-order valence-corrected chi connectivity index (χ0v) is 12.4. The SMILES string of the molecule is O=C(CC1CCCc2ccccc21)c1cccc(F)c1Cl. The number of fused-ring (bicyclic) bond motifs is 1. The molecule has 0 N–H and O–H groups in total. The van der Waals surface area contributed by atoms with Gasteiger partial charge < -0.3 is 0 Å². The molecule has 1 nitrogen and oxygen atoms in total. The molecule has 2 aromatic carbocycles. The first-order valence-electron chi connectivity index (χ1n) is 7.22. The second-order valence-electron chi connectivity index (χ2n) is 5.52. The molecule has 0 heterocycles. The van der Waals surface area contributed by atoms with Crippen LogP contribution in [0.15, 0.2) is 42.5 Å². The van der Waals surface area contributed by atoms with Crippen LogP contribution >= 0.6 is 11.6 Å². The molecule has 0 saturated heterocycles. The summed E-state index contributed by atoms with van der Waals surface area (Å²) in [6.07, 6.45) is 3.54. The molecule has 1 aliphatic carbocycles. The van der Waals surface area contributed by atoms with E-state index < -0.39 is 5.82 Å². The number of Topliss-reactive ketones (excluding diaryl/α,β-unsaturated/α-hetero) is 1. The zero-order valence-electron chi connectivity index (χ0n) is 11.6. The number of benzene rings is 2. The van der Waals surface area contributed by atoms with Crippen molar-refractivity contribution in [3.8, 4) is 0 Å². The lowest BCUT2D eigenvalue weighted by Gasteiger charge is -2.25. The molecule has 0 spiro atoms. The molecule has 0 aliphatic heterocycles. The number of hydrogen-bond donors (Lipinski definition) is 0. The van der Waals surface area contributed by atoms with Crippen molar-refractivity contribution in [1.29, 1.82) is 0 Å². The van der Waals surface area contributed by atoms with Gasteiger partial charge in [0.05, 0.1) is 5.02 Å². The van der Waals surface area contributed by atoms with Gasteiger partial charge >= 0.3 is 0 Å². The molecule has 3 rings (SSSR count). The van der Waals surface area contributed by atoms with Crippen LogP contribution in [-0.4, -0.2) is 5.78 Å². The first kappa shape index (κ1) is 14.3. The van der Waals surface area contributed by atoms with E-state index in [0.29, 0.717) is 12.0 Å². The fraction of sp³-hybridized carbons (Fsp3) is 0.278. The largest absolute Gasteiger partial charge is 0.294 e. The van der Waals surface area contributed by atoms with Crippen LogP contribution in [0.3, 0.4) is 0 Å². The van der Waals surface area contributed by atoms with Crippen LogP contribution in [0.2, 0.25) is 5.02 Å². The van der Waals surface area contributed by atoms with Crippen molar-refractivity contribution in [1.82, 2.24) is 0 Å². The summed E-state index contributed by atoms with van der Waals surface area (Å²) in [5.74, 6) is -0.408. The average Bonchev–Trinajstić information content (AvgIpc) is 2.50. The van der Waals surface area contributed by atoms with Crippen molar-refractivity contribution >= 4 is 17.4 Å². The van der Waals surface area contributed by atoms with Gasteiger partial charge in [0.25, 0.3) is 0 Å². The standard InChI is InChI=1S/C18H16ClFO/c19-18-15(9-4-10-16(18)20)17(21)11-13-7-3-6-12-5-1-2-8-14(12)13/h1-2,4-5,8-10,13H,3,6-7,11H2. The van der Waals surface area contributed by atoms with Crippen molar-refractivity contribution in [2.75, 3.05) is 0 Å². The predicted octanol–water partition coefficient (Wildman–Crippen LogP) is 5.17. The Morgan fingerprint density at radius 2 is 2.00 bits per heavy atom. The highest BCUT2D eigenvalue weighted by atomic mass is 35.5. The Hall–Kier alpha value is -1.67. The average molecular weight is 303 g/mol. The third-order valence-electron chi connectivity index (χ3n) is 4.18. The zero-order chi connectivity index (χ0) is 14.8. The molecule has 0 saturated carbocycles. The first-order chi connectivity index (χ1) is 10.2. The molecule has 1 aliphatic rings. The van der Waals surface area contributed by atoms with Crippen LogP contribution in [0.4, 0.5) is 4.39 Å². The van der Waals surface area contributed by atoms with Crippen LogP contribution in [0, 0.1) is 5.82 Å². The maximum Gasteiger partial charge on any atom is 0.165 e. The first-order valence-corrected chi connectivity index (χ1v) is 7.59. The molecule has 0 radical (unpaired) electrons. The highest BCUT2D eigenvalue weighted by Crippen LogP contribution is 2.35. The summed E-state index contributed by atoms with van der Waals surface area (Å²) in [5.41, 5.74) is 2.87. The summed E-state index contributed by atoms with van der Waals surface area (Å²) in [6.45, 7) is 0. The van der Waals surface area contributed by atoms with E-state index in [0.717, 1.165) is 19.3 Å². The van der Waals surface area contributed by atoms with Crippen LogP contribution in [-0.2, 0) is 6.42 Å². The molecule has 21 heavy (non-hydrogen) atoms. The normalized spacial score (nSPS) is 17.3. The third-order valence-corrected chi connectivity index (χ3v) is 4.56. The maximum absolute atomic E-state index is 13.5. The minimum absolute atomic E-state index is 0.0633. The van der Waals surface area contributed by atoms with E-state index in [2.05, 4.69) is 12.1 Å². The summed E-state index contributed by atoms with van der Waals surface area (Å²) < 4.78 is 13.5. The Morgan fingerprint density at radius 1 is 1.19 bits per heavy atom. The summed E-state index contributed by atoms with van der Waals surface area (Å²) in [6, 6.07) is 12.7. The molecule has 0 amide bonds. The summed E-state index contributed by atoms with van der Waals surface area (Å²) in [4.78, 5) is 12.4. The van der Waals surface area contributed by atoms with Crippen molar-refractivity contribution in [2.45, 2.75) is 31.6 Å². The molecule has 1 atom stereocenters. The van der Waals surface area contributed by atoms with Gasteiger partial charge in [-0.05, 0) is 48.4 Å². The number of halogens is 2. The molecule has 2 aromatic rings. The Balaban J connectivity index is 1.85. The molecule has 0 fully saturated rings. The number of aryl methyl sites for hydroxylation is 1. The van der Waals surface area contributed by atoms with Gasteiger partial charge in [-0.15, -0.1) is 0 Å².